The van der Waals surface area contributed by atoms with E-state index in [4.69, 9.17) is 0 Å². The Morgan fingerprint density at radius 3 is 2.54 bits per heavy atom. The van der Waals surface area contributed by atoms with Crippen LogP contribution in [0.15, 0.2) is 36.4 Å². The molecule has 126 valence electrons. The molecule has 4 N–H and O–H groups in total. The number of rotatable bonds is 3. The van der Waals surface area contributed by atoms with Gasteiger partial charge in [-0.2, -0.15) is 0 Å². The van der Waals surface area contributed by atoms with Gasteiger partial charge in [-0.3, -0.25) is 4.79 Å². The second-order valence-corrected chi connectivity index (χ2v) is 6.43. The molecular formula is C19H23N3O2. The minimum absolute atomic E-state index is 0.0809. The zero-order chi connectivity index (χ0) is 17.3. The molecule has 24 heavy (non-hydrogen) atoms. The number of para-hydroxylation sites is 1. The van der Waals surface area contributed by atoms with Crippen LogP contribution in [0.5, 0.6) is 5.75 Å². The minimum atomic E-state index is -0.351. The molecule has 0 aliphatic carbocycles. The monoisotopic (exact) mass is 325 g/mol. The highest BCUT2D eigenvalue weighted by Crippen LogP contribution is 2.32. The van der Waals surface area contributed by atoms with E-state index in [0.29, 0.717) is 6.42 Å². The Labute approximate surface area is 142 Å². The van der Waals surface area contributed by atoms with Crippen LogP contribution >= 0.6 is 0 Å². The number of anilines is 1. The molecule has 0 aromatic heterocycles. The molecule has 0 saturated carbocycles. The maximum Gasteiger partial charge on any atom is 0.242 e. The first kappa shape index (κ1) is 16.5. The molecule has 1 aliphatic rings. The number of phenols is 1. The molecule has 3 rings (SSSR count). The van der Waals surface area contributed by atoms with Gasteiger partial charge in [-0.1, -0.05) is 24.3 Å². The molecule has 0 radical (unpaired) electrons. The minimum Gasteiger partial charge on any atom is -0.508 e. The van der Waals surface area contributed by atoms with Crippen LogP contribution in [0, 0.1) is 20.8 Å². The van der Waals surface area contributed by atoms with Crippen molar-refractivity contribution in [1.29, 1.82) is 0 Å². The van der Waals surface area contributed by atoms with E-state index >= 15 is 0 Å². The number of carbonyl (C=O) groups excluding carboxylic acids is 1. The number of carbonyl (C=O) groups is 1. The average molecular weight is 325 g/mol. The normalized spacial score (nSPS) is 20.1. The number of phenolic OH excluding ortho intramolecular Hbond substituents is 1. The number of nitrogens with one attached hydrogen (secondary N) is 3. The fourth-order valence-corrected chi connectivity index (χ4v) is 2.97. The molecule has 1 fully saturated rings. The Balaban J connectivity index is 1.70. The fourth-order valence-electron chi connectivity index (χ4n) is 2.97. The summed E-state index contributed by atoms with van der Waals surface area (Å²) in [5.74, 6) is 0.181. The van der Waals surface area contributed by atoms with Crippen molar-refractivity contribution in [3.63, 3.8) is 0 Å². The smallest absolute Gasteiger partial charge is 0.242 e. The first-order chi connectivity index (χ1) is 11.5. The van der Waals surface area contributed by atoms with Crippen LogP contribution in [-0.2, 0) is 4.79 Å². The lowest BCUT2D eigenvalue weighted by Crippen LogP contribution is -2.39. The molecule has 0 spiro atoms. The summed E-state index contributed by atoms with van der Waals surface area (Å²) in [5, 5.41) is 13.2. The third-order valence-electron chi connectivity index (χ3n) is 4.64. The number of aryl methyl sites for hydroxylation is 3. The number of hydrogen-bond donors (Lipinski definition) is 4. The van der Waals surface area contributed by atoms with E-state index in [0.717, 1.165) is 27.9 Å². The number of hydrogen-bond acceptors (Lipinski definition) is 4. The number of amides is 1. The van der Waals surface area contributed by atoms with E-state index in [1.54, 1.807) is 6.07 Å². The lowest BCUT2D eigenvalue weighted by Gasteiger charge is -2.14. The van der Waals surface area contributed by atoms with Crippen LogP contribution in [0.25, 0.3) is 0 Å². The lowest BCUT2D eigenvalue weighted by atomic mass is 9.97. The van der Waals surface area contributed by atoms with Crippen LogP contribution in [0.1, 0.15) is 34.7 Å². The molecular weight excluding hydrogens is 302 g/mol. The van der Waals surface area contributed by atoms with Gasteiger partial charge in [-0.25, -0.2) is 10.9 Å². The summed E-state index contributed by atoms with van der Waals surface area (Å²) in [6.45, 7) is 5.95. The zero-order valence-corrected chi connectivity index (χ0v) is 14.2. The fraction of sp³-hybridized carbons (Fsp3) is 0.316. The van der Waals surface area contributed by atoms with Crippen molar-refractivity contribution in [1.82, 2.24) is 10.9 Å². The van der Waals surface area contributed by atoms with E-state index in [9.17, 15) is 9.90 Å². The van der Waals surface area contributed by atoms with E-state index in [1.807, 2.05) is 51.1 Å². The van der Waals surface area contributed by atoms with Crippen LogP contribution in [-0.4, -0.2) is 17.1 Å². The Bertz CT molecular complexity index is 773. The second-order valence-electron chi connectivity index (χ2n) is 6.43. The first-order valence-corrected chi connectivity index (χ1v) is 8.13. The standard InChI is InChI=1S/C19H23N3O2/c1-11-6-4-5-7-15(11)20-19(24)17-10-16(21-22-17)14-8-12(2)13(3)9-18(14)23/h4-9,16-17,21-23H,10H2,1-3H3,(H,20,24). The highest BCUT2D eigenvalue weighted by atomic mass is 16.3. The van der Waals surface area contributed by atoms with Crippen LogP contribution < -0.4 is 16.2 Å². The van der Waals surface area contributed by atoms with Crippen molar-refractivity contribution in [2.75, 3.05) is 5.32 Å². The Morgan fingerprint density at radius 1 is 1.08 bits per heavy atom. The molecule has 1 heterocycles. The average Bonchev–Trinajstić information content (AvgIpc) is 3.03. The third-order valence-corrected chi connectivity index (χ3v) is 4.64. The number of benzene rings is 2. The van der Waals surface area contributed by atoms with Gasteiger partial charge in [0.1, 0.15) is 11.8 Å². The summed E-state index contributed by atoms with van der Waals surface area (Å²) in [6.07, 6.45) is 0.577. The second kappa shape index (κ2) is 6.63. The van der Waals surface area contributed by atoms with E-state index in [1.165, 1.54) is 0 Å². The summed E-state index contributed by atoms with van der Waals surface area (Å²) in [4.78, 5) is 12.5. The maximum absolute atomic E-state index is 12.5. The van der Waals surface area contributed by atoms with Crippen molar-refractivity contribution >= 4 is 11.6 Å². The van der Waals surface area contributed by atoms with Gasteiger partial charge in [0.2, 0.25) is 5.91 Å². The number of aromatic hydroxyl groups is 1. The van der Waals surface area contributed by atoms with Gasteiger partial charge in [0.05, 0.1) is 6.04 Å². The van der Waals surface area contributed by atoms with Crippen molar-refractivity contribution < 1.29 is 9.90 Å². The van der Waals surface area contributed by atoms with Gasteiger partial charge < -0.3 is 10.4 Å². The molecule has 2 atom stereocenters. The van der Waals surface area contributed by atoms with E-state index in [2.05, 4.69) is 16.2 Å². The molecule has 2 aromatic rings. The van der Waals surface area contributed by atoms with Crippen molar-refractivity contribution in [3.05, 3.63) is 58.7 Å². The topological polar surface area (TPSA) is 73.4 Å². The largest absolute Gasteiger partial charge is 0.508 e. The van der Waals surface area contributed by atoms with Crippen LogP contribution in [0.3, 0.4) is 0 Å². The molecule has 1 aliphatic heterocycles. The summed E-state index contributed by atoms with van der Waals surface area (Å²) in [7, 11) is 0. The van der Waals surface area contributed by atoms with E-state index in [-0.39, 0.29) is 23.7 Å². The molecule has 5 nitrogen and oxygen atoms in total. The van der Waals surface area contributed by atoms with Gasteiger partial charge in [-0.05, 0) is 56.0 Å². The van der Waals surface area contributed by atoms with Crippen LogP contribution in [0.2, 0.25) is 0 Å². The molecule has 0 bridgehead atoms. The molecule has 1 saturated heterocycles. The van der Waals surface area contributed by atoms with Crippen molar-refractivity contribution in [3.8, 4) is 5.75 Å². The summed E-state index contributed by atoms with van der Waals surface area (Å²) in [5.41, 5.74) is 11.0. The summed E-state index contributed by atoms with van der Waals surface area (Å²) >= 11 is 0. The van der Waals surface area contributed by atoms with Gasteiger partial charge in [0.25, 0.3) is 0 Å². The lowest BCUT2D eigenvalue weighted by molar-refractivity contribution is -0.117. The molecule has 5 heteroatoms. The molecule has 2 aromatic carbocycles. The summed E-state index contributed by atoms with van der Waals surface area (Å²) < 4.78 is 0. The Morgan fingerprint density at radius 2 is 1.79 bits per heavy atom. The van der Waals surface area contributed by atoms with Crippen molar-refractivity contribution in [2.24, 2.45) is 0 Å². The number of hydrazine groups is 1. The van der Waals surface area contributed by atoms with Gasteiger partial charge >= 0.3 is 0 Å². The first-order valence-electron chi connectivity index (χ1n) is 8.13. The molecule has 2 unspecified atom stereocenters. The third kappa shape index (κ3) is 3.27. The van der Waals surface area contributed by atoms with E-state index < -0.39 is 0 Å². The molecule has 1 amide bonds. The van der Waals surface area contributed by atoms with Crippen LogP contribution in [0.4, 0.5) is 5.69 Å². The van der Waals surface area contributed by atoms with Gasteiger partial charge in [0, 0.05) is 11.3 Å². The SMILES string of the molecule is Cc1cc(O)c(C2CC(C(=O)Nc3ccccc3C)NN2)cc1C. The maximum atomic E-state index is 12.5. The Kier molecular flexibility index (Phi) is 4.55. The highest BCUT2D eigenvalue weighted by Gasteiger charge is 2.31. The summed E-state index contributed by atoms with van der Waals surface area (Å²) in [6, 6.07) is 11.0. The van der Waals surface area contributed by atoms with Crippen molar-refractivity contribution in [2.45, 2.75) is 39.3 Å². The van der Waals surface area contributed by atoms with Gasteiger partial charge in [-0.15, -0.1) is 0 Å². The van der Waals surface area contributed by atoms with Gasteiger partial charge in [0.15, 0.2) is 0 Å². The predicted octanol–water partition coefficient (Wildman–Crippen LogP) is 2.86. The highest BCUT2D eigenvalue weighted by molar-refractivity contribution is 5.95. The Hall–Kier alpha value is -2.37. The quantitative estimate of drug-likeness (QED) is 0.700. The predicted molar refractivity (Wildman–Crippen MR) is 94.8 cm³/mol. The zero-order valence-electron chi connectivity index (χ0n) is 14.2.